The van der Waals surface area contributed by atoms with Gasteiger partial charge in [-0.25, -0.2) is 4.79 Å². The molecule has 192 valence electrons. The van der Waals surface area contributed by atoms with E-state index in [1.807, 2.05) is 4.90 Å². The Morgan fingerprint density at radius 3 is 2.54 bits per heavy atom. The van der Waals surface area contributed by atoms with Gasteiger partial charge in [0, 0.05) is 57.3 Å². The summed E-state index contributed by atoms with van der Waals surface area (Å²) >= 11 is 12.1. The lowest BCUT2D eigenvalue weighted by molar-refractivity contribution is -0.131. The van der Waals surface area contributed by atoms with Crippen LogP contribution in [0.5, 0.6) is 0 Å². The van der Waals surface area contributed by atoms with Crippen molar-refractivity contribution in [2.24, 2.45) is 17.3 Å². The van der Waals surface area contributed by atoms with Crippen LogP contribution in [0.25, 0.3) is 0 Å². The number of fused-ring (bicyclic) bond motifs is 1. The maximum Gasteiger partial charge on any atom is 0.321 e. The Morgan fingerprint density at radius 2 is 1.91 bits per heavy atom. The zero-order valence-corrected chi connectivity index (χ0v) is 22.7. The predicted octanol–water partition coefficient (Wildman–Crippen LogP) is 5.76. The Bertz CT molecular complexity index is 972. The van der Waals surface area contributed by atoms with E-state index in [1.165, 1.54) is 12.0 Å². The number of nitrogens with zero attached hydrogens (tertiary/aromatic N) is 3. The molecule has 2 fully saturated rings. The molecule has 1 aromatic carbocycles. The molecule has 0 radical (unpaired) electrons. The number of carbonyl (C=O) groups excluding carboxylic acids is 2. The highest BCUT2D eigenvalue weighted by Crippen LogP contribution is 2.59. The van der Waals surface area contributed by atoms with E-state index in [1.54, 1.807) is 18.2 Å². The molecule has 1 saturated carbocycles. The van der Waals surface area contributed by atoms with Crippen molar-refractivity contribution in [2.45, 2.75) is 46.5 Å². The number of piperazine rings is 1. The van der Waals surface area contributed by atoms with Gasteiger partial charge in [-0.2, -0.15) is 0 Å². The molecule has 1 heterocycles. The number of hydrogen-bond donors (Lipinski definition) is 1. The molecule has 0 spiro atoms. The smallest absolute Gasteiger partial charge is 0.321 e. The van der Waals surface area contributed by atoms with E-state index in [-0.39, 0.29) is 11.9 Å². The number of carbonyl (C=O) groups is 2. The fourth-order valence-corrected chi connectivity index (χ4v) is 6.22. The van der Waals surface area contributed by atoms with Gasteiger partial charge in [0.05, 0.1) is 10.7 Å². The van der Waals surface area contributed by atoms with E-state index in [4.69, 9.17) is 23.2 Å². The molecule has 1 N–H and O–H groups in total. The van der Waals surface area contributed by atoms with Crippen LogP contribution in [0, 0.1) is 17.3 Å². The van der Waals surface area contributed by atoms with Crippen molar-refractivity contribution in [2.75, 3.05) is 51.1 Å². The molecule has 1 saturated heterocycles. The average Bonchev–Trinajstić information content (AvgIpc) is 2.83. The average molecular weight is 522 g/mol. The maximum absolute atomic E-state index is 12.9. The summed E-state index contributed by atoms with van der Waals surface area (Å²) in [4.78, 5) is 31.9. The van der Waals surface area contributed by atoms with Gasteiger partial charge in [-0.3, -0.25) is 9.69 Å². The summed E-state index contributed by atoms with van der Waals surface area (Å²) in [5.41, 5.74) is 2.40. The summed E-state index contributed by atoms with van der Waals surface area (Å²) in [5.74, 6) is 1.68. The lowest BCUT2D eigenvalue weighted by atomic mass is 9.49. The number of allylic oxidation sites excluding steroid dienone is 1. The van der Waals surface area contributed by atoms with Crippen molar-refractivity contribution in [3.05, 3.63) is 39.9 Å². The minimum atomic E-state index is -0.153. The first-order chi connectivity index (χ1) is 16.7. The molecule has 8 heteroatoms. The molecular formula is C27H38Cl2N4O2. The highest BCUT2D eigenvalue weighted by Gasteiger charge is 2.51. The molecule has 3 aliphatic carbocycles. The first-order valence-electron chi connectivity index (χ1n) is 12.9. The van der Waals surface area contributed by atoms with Crippen LogP contribution >= 0.6 is 23.2 Å². The van der Waals surface area contributed by atoms with Gasteiger partial charge in [-0.1, -0.05) is 55.6 Å². The lowest BCUT2D eigenvalue weighted by Crippen LogP contribution is -2.52. The molecule has 1 aromatic rings. The van der Waals surface area contributed by atoms with Gasteiger partial charge >= 0.3 is 6.03 Å². The number of urea groups is 1. The summed E-state index contributed by atoms with van der Waals surface area (Å²) < 4.78 is 0. The van der Waals surface area contributed by atoms with Crippen LogP contribution in [0.3, 0.4) is 0 Å². The van der Waals surface area contributed by atoms with Gasteiger partial charge in [-0.15, -0.1) is 0 Å². The molecule has 2 unspecified atom stereocenters. The van der Waals surface area contributed by atoms with Crippen molar-refractivity contribution in [3.63, 3.8) is 0 Å². The van der Waals surface area contributed by atoms with E-state index < -0.39 is 0 Å². The summed E-state index contributed by atoms with van der Waals surface area (Å²) in [6.45, 7) is 12.0. The maximum atomic E-state index is 12.9. The Hall–Kier alpha value is -1.76. The Balaban J connectivity index is 1.27. The normalized spacial score (nSPS) is 23.3. The van der Waals surface area contributed by atoms with E-state index in [9.17, 15) is 9.59 Å². The second-order valence-electron chi connectivity index (χ2n) is 10.8. The van der Waals surface area contributed by atoms with Crippen molar-refractivity contribution in [1.82, 2.24) is 14.7 Å². The van der Waals surface area contributed by atoms with Crippen molar-refractivity contribution >= 4 is 40.8 Å². The fraction of sp³-hybridized carbons (Fsp3) is 0.630. The molecule has 4 aliphatic rings. The Labute approximate surface area is 219 Å². The van der Waals surface area contributed by atoms with Gasteiger partial charge in [0.15, 0.2) is 0 Å². The highest BCUT2D eigenvalue weighted by atomic mass is 35.5. The first-order valence-corrected chi connectivity index (χ1v) is 13.6. The van der Waals surface area contributed by atoms with Crippen molar-refractivity contribution in [3.8, 4) is 0 Å². The van der Waals surface area contributed by atoms with Crippen LogP contribution < -0.4 is 5.32 Å². The molecule has 3 amide bonds. The highest BCUT2D eigenvalue weighted by molar-refractivity contribution is 6.36. The Kier molecular flexibility index (Phi) is 8.34. The minimum absolute atomic E-state index is 0.153. The molecule has 6 nitrogen and oxygen atoms in total. The SMILES string of the molecule is CCCC(=O)N(CCN1CCN(C(=O)Nc2ccc(Cl)cc2Cl)CC1)CC1=CCC2CC1C2(C)C. The molecule has 2 bridgehead atoms. The lowest BCUT2D eigenvalue weighted by Gasteiger charge is -2.57. The van der Waals surface area contributed by atoms with Crippen molar-refractivity contribution < 1.29 is 9.59 Å². The number of amides is 3. The van der Waals surface area contributed by atoms with Gasteiger partial charge < -0.3 is 15.1 Å². The number of nitrogens with one attached hydrogen (secondary N) is 1. The standard InChI is InChI=1S/C27H38Cl2N4O2/c1-4-5-25(34)33(18-19-6-7-20-16-22(19)27(20,2)3)15-12-31-10-13-32(14-11-31)26(35)30-24-9-8-21(28)17-23(24)29/h6,8-9,17,20,22H,4-5,7,10-16,18H2,1-3H3,(H,30,35). The minimum Gasteiger partial charge on any atom is -0.337 e. The van der Waals surface area contributed by atoms with Crippen LogP contribution in [0.4, 0.5) is 10.5 Å². The third-order valence-electron chi connectivity index (χ3n) is 8.29. The topological polar surface area (TPSA) is 55.9 Å². The molecule has 5 rings (SSSR count). The van der Waals surface area contributed by atoms with E-state index >= 15 is 0 Å². The van der Waals surface area contributed by atoms with Crippen LogP contribution in [-0.4, -0.2) is 72.5 Å². The fourth-order valence-electron chi connectivity index (χ4n) is 5.76. The second kappa shape index (κ2) is 11.1. The van der Waals surface area contributed by atoms with Crippen LogP contribution in [0.2, 0.25) is 10.0 Å². The molecule has 1 aliphatic heterocycles. The predicted molar refractivity (Wildman–Crippen MR) is 143 cm³/mol. The van der Waals surface area contributed by atoms with Crippen LogP contribution in [0.15, 0.2) is 29.8 Å². The third kappa shape index (κ3) is 5.98. The van der Waals surface area contributed by atoms with Gasteiger partial charge in [-0.05, 0) is 54.7 Å². The third-order valence-corrected chi connectivity index (χ3v) is 8.84. The number of hydrogen-bond acceptors (Lipinski definition) is 3. The zero-order chi connectivity index (χ0) is 25.2. The second-order valence-corrected chi connectivity index (χ2v) is 11.6. The van der Waals surface area contributed by atoms with Crippen LogP contribution in [0.1, 0.15) is 46.5 Å². The van der Waals surface area contributed by atoms with Crippen molar-refractivity contribution in [1.29, 1.82) is 0 Å². The molecule has 2 atom stereocenters. The monoisotopic (exact) mass is 520 g/mol. The summed E-state index contributed by atoms with van der Waals surface area (Å²) in [6, 6.07) is 4.89. The van der Waals surface area contributed by atoms with Crippen LogP contribution in [-0.2, 0) is 4.79 Å². The number of benzene rings is 1. The Morgan fingerprint density at radius 1 is 1.17 bits per heavy atom. The molecule has 35 heavy (non-hydrogen) atoms. The summed E-state index contributed by atoms with van der Waals surface area (Å²) in [6.07, 6.45) is 6.31. The summed E-state index contributed by atoms with van der Waals surface area (Å²) in [5, 5.41) is 3.84. The number of halogens is 2. The van der Waals surface area contributed by atoms with Gasteiger partial charge in [0.25, 0.3) is 0 Å². The largest absolute Gasteiger partial charge is 0.337 e. The van der Waals surface area contributed by atoms with E-state index in [0.717, 1.165) is 51.5 Å². The number of anilines is 1. The quantitative estimate of drug-likeness (QED) is 0.443. The number of rotatable bonds is 8. The molecule has 0 aromatic heterocycles. The van der Waals surface area contributed by atoms with Gasteiger partial charge in [0.2, 0.25) is 5.91 Å². The van der Waals surface area contributed by atoms with Gasteiger partial charge in [0.1, 0.15) is 0 Å². The van der Waals surface area contributed by atoms with E-state index in [2.05, 4.69) is 42.0 Å². The molecular weight excluding hydrogens is 483 g/mol. The first kappa shape index (κ1) is 26.3. The summed E-state index contributed by atoms with van der Waals surface area (Å²) in [7, 11) is 0. The van der Waals surface area contributed by atoms with E-state index in [0.29, 0.717) is 46.6 Å². The zero-order valence-electron chi connectivity index (χ0n) is 21.2.